The van der Waals surface area contributed by atoms with Crippen molar-refractivity contribution in [2.75, 3.05) is 0 Å². The molecular formula is C8H10O2. The Kier molecular flexibility index (Phi) is 1.10. The van der Waals surface area contributed by atoms with Gasteiger partial charge in [-0.15, -0.1) is 0 Å². The van der Waals surface area contributed by atoms with E-state index < -0.39 is 5.97 Å². The quantitative estimate of drug-likeness (QED) is 0.554. The van der Waals surface area contributed by atoms with Crippen LogP contribution in [0, 0.1) is 17.8 Å². The first kappa shape index (κ1) is 5.96. The van der Waals surface area contributed by atoms with Crippen molar-refractivity contribution >= 4 is 5.97 Å². The average molecular weight is 138 g/mol. The molecule has 2 rings (SSSR count). The number of hydrogen-bond acceptors (Lipinski definition) is 1. The van der Waals surface area contributed by atoms with Gasteiger partial charge in [0.25, 0.3) is 0 Å². The van der Waals surface area contributed by atoms with Gasteiger partial charge in [-0.2, -0.15) is 0 Å². The molecule has 1 N–H and O–H groups in total. The molecule has 2 heteroatoms. The van der Waals surface area contributed by atoms with Gasteiger partial charge < -0.3 is 5.11 Å². The third kappa shape index (κ3) is 0.681. The molecule has 0 aromatic rings. The lowest BCUT2D eigenvalue weighted by Gasteiger charge is -1.96. The fourth-order valence-electron chi connectivity index (χ4n) is 1.92. The molecule has 0 amide bonds. The minimum absolute atomic E-state index is 0.0428. The number of carboxylic acid groups (broad SMARTS) is 1. The summed E-state index contributed by atoms with van der Waals surface area (Å²) in [4.78, 5) is 10.5. The van der Waals surface area contributed by atoms with Crippen LogP contribution in [0.2, 0.25) is 0 Å². The molecule has 1 saturated carbocycles. The second-order valence-electron chi connectivity index (χ2n) is 3.11. The van der Waals surface area contributed by atoms with Crippen molar-refractivity contribution in [2.45, 2.75) is 12.8 Å². The van der Waals surface area contributed by atoms with Crippen LogP contribution in [-0.2, 0) is 4.79 Å². The minimum atomic E-state index is -0.610. The fraction of sp³-hybridized carbons (Fsp3) is 0.625. The second-order valence-corrected chi connectivity index (χ2v) is 3.11. The molecule has 2 aliphatic carbocycles. The first-order valence-corrected chi connectivity index (χ1v) is 3.70. The van der Waals surface area contributed by atoms with E-state index in [1.165, 1.54) is 0 Å². The number of carbonyl (C=O) groups is 1. The van der Waals surface area contributed by atoms with Crippen molar-refractivity contribution < 1.29 is 9.90 Å². The van der Waals surface area contributed by atoms with Crippen LogP contribution >= 0.6 is 0 Å². The summed E-state index contributed by atoms with van der Waals surface area (Å²) in [6.07, 6.45) is 6.32. The highest BCUT2D eigenvalue weighted by Crippen LogP contribution is 2.52. The van der Waals surface area contributed by atoms with E-state index >= 15 is 0 Å². The molecule has 0 radical (unpaired) electrons. The molecule has 54 valence electrons. The van der Waals surface area contributed by atoms with Gasteiger partial charge in [0.15, 0.2) is 0 Å². The molecule has 0 heterocycles. The normalized spacial score (nSPS) is 42.6. The monoisotopic (exact) mass is 138 g/mol. The maximum absolute atomic E-state index is 10.5. The summed E-state index contributed by atoms with van der Waals surface area (Å²) in [6, 6.07) is 0. The number of carboxylic acids is 1. The van der Waals surface area contributed by atoms with Crippen LogP contribution in [0.15, 0.2) is 12.2 Å². The van der Waals surface area contributed by atoms with E-state index in [2.05, 4.69) is 12.2 Å². The predicted octanol–water partition coefficient (Wildman–Crippen LogP) is 1.28. The topological polar surface area (TPSA) is 37.3 Å². The molecule has 2 aliphatic rings. The van der Waals surface area contributed by atoms with Gasteiger partial charge in [0.2, 0.25) is 0 Å². The molecule has 0 aromatic heterocycles. The SMILES string of the molecule is O=C(O)C1[C@H]2CCC=C[C@@H]12. The highest BCUT2D eigenvalue weighted by molar-refractivity contribution is 5.75. The number of hydrogen-bond donors (Lipinski definition) is 1. The third-order valence-corrected chi connectivity index (χ3v) is 2.54. The molecule has 10 heavy (non-hydrogen) atoms. The molecule has 0 bridgehead atoms. The second kappa shape index (κ2) is 1.84. The Hall–Kier alpha value is -0.790. The van der Waals surface area contributed by atoms with Crippen LogP contribution in [0.3, 0.4) is 0 Å². The van der Waals surface area contributed by atoms with E-state index in [0.29, 0.717) is 11.8 Å². The zero-order valence-corrected chi connectivity index (χ0v) is 5.66. The highest BCUT2D eigenvalue weighted by Gasteiger charge is 2.53. The largest absolute Gasteiger partial charge is 0.481 e. The third-order valence-electron chi connectivity index (χ3n) is 2.54. The van der Waals surface area contributed by atoms with Crippen LogP contribution < -0.4 is 0 Å². The van der Waals surface area contributed by atoms with Crippen LogP contribution in [0.25, 0.3) is 0 Å². The van der Waals surface area contributed by atoms with E-state index in [9.17, 15) is 4.79 Å². The molecule has 3 atom stereocenters. The zero-order valence-electron chi connectivity index (χ0n) is 5.66. The van der Waals surface area contributed by atoms with Crippen molar-refractivity contribution in [1.29, 1.82) is 0 Å². The van der Waals surface area contributed by atoms with Crippen molar-refractivity contribution in [3.05, 3.63) is 12.2 Å². The van der Waals surface area contributed by atoms with Crippen molar-refractivity contribution in [3.63, 3.8) is 0 Å². The Balaban J connectivity index is 2.08. The van der Waals surface area contributed by atoms with Gasteiger partial charge in [-0.25, -0.2) is 0 Å². The summed E-state index contributed by atoms with van der Waals surface area (Å²) in [5, 5.41) is 8.65. The highest BCUT2D eigenvalue weighted by atomic mass is 16.4. The van der Waals surface area contributed by atoms with E-state index in [4.69, 9.17) is 5.11 Å². The molecule has 1 fully saturated rings. The smallest absolute Gasteiger partial charge is 0.307 e. The van der Waals surface area contributed by atoms with Crippen LogP contribution in [0.5, 0.6) is 0 Å². The van der Waals surface area contributed by atoms with Gasteiger partial charge in [0, 0.05) is 0 Å². The van der Waals surface area contributed by atoms with Gasteiger partial charge in [0.05, 0.1) is 5.92 Å². The molecule has 2 nitrogen and oxygen atoms in total. The van der Waals surface area contributed by atoms with Crippen LogP contribution in [-0.4, -0.2) is 11.1 Å². The average Bonchev–Trinajstić information content (AvgIpc) is 2.60. The standard InChI is InChI=1S/C8H10O2/c9-8(10)7-5-3-1-2-4-6(5)7/h1,3,5-7H,2,4H2,(H,9,10)/t5-,6+,7?/m1/s1. The van der Waals surface area contributed by atoms with E-state index in [-0.39, 0.29) is 5.92 Å². The van der Waals surface area contributed by atoms with Crippen molar-refractivity contribution in [2.24, 2.45) is 17.8 Å². The lowest BCUT2D eigenvalue weighted by Crippen LogP contribution is -1.99. The number of allylic oxidation sites excluding steroid dienone is 2. The summed E-state index contributed by atoms with van der Waals surface area (Å²) in [5.41, 5.74) is 0. The molecule has 0 aliphatic heterocycles. The van der Waals surface area contributed by atoms with E-state index in [1.807, 2.05) is 0 Å². The van der Waals surface area contributed by atoms with Crippen LogP contribution in [0.1, 0.15) is 12.8 Å². The van der Waals surface area contributed by atoms with Gasteiger partial charge in [-0.1, -0.05) is 12.2 Å². The van der Waals surface area contributed by atoms with Crippen molar-refractivity contribution in [1.82, 2.24) is 0 Å². The Morgan fingerprint density at radius 1 is 1.60 bits per heavy atom. The summed E-state index contributed by atoms with van der Waals surface area (Å²) < 4.78 is 0. The number of rotatable bonds is 1. The summed E-state index contributed by atoms with van der Waals surface area (Å²) >= 11 is 0. The van der Waals surface area contributed by atoms with Gasteiger partial charge >= 0.3 is 5.97 Å². The summed E-state index contributed by atoms with van der Waals surface area (Å²) in [6.45, 7) is 0. The maximum Gasteiger partial charge on any atom is 0.307 e. The van der Waals surface area contributed by atoms with Gasteiger partial charge in [0.1, 0.15) is 0 Å². The van der Waals surface area contributed by atoms with E-state index in [1.54, 1.807) is 0 Å². The summed E-state index contributed by atoms with van der Waals surface area (Å²) in [5.74, 6) is 0.203. The Bertz CT molecular complexity index is 195. The number of aliphatic carboxylic acids is 1. The van der Waals surface area contributed by atoms with Crippen LogP contribution in [0.4, 0.5) is 0 Å². The van der Waals surface area contributed by atoms with Crippen molar-refractivity contribution in [3.8, 4) is 0 Å². The molecule has 1 unspecified atom stereocenters. The Morgan fingerprint density at radius 3 is 2.90 bits per heavy atom. The lowest BCUT2D eigenvalue weighted by molar-refractivity contribution is -0.139. The van der Waals surface area contributed by atoms with Gasteiger partial charge in [-0.3, -0.25) is 4.79 Å². The molecule has 0 aromatic carbocycles. The molecule has 0 saturated heterocycles. The maximum atomic E-state index is 10.5. The Labute approximate surface area is 59.5 Å². The first-order chi connectivity index (χ1) is 4.80. The summed E-state index contributed by atoms with van der Waals surface area (Å²) in [7, 11) is 0. The number of fused-ring (bicyclic) bond motifs is 1. The zero-order chi connectivity index (χ0) is 7.14. The van der Waals surface area contributed by atoms with Gasteiger partial charge in [-0.05, 0) is 24.7 Å². The minimum Gasteiger partial charge on any atom is -0.481 e. The van der Waals surface area contributed by atoms with E-state index in [0.717, 1.165) is 12.8 Å². The fourth-order valence-corrected chi connectivity index (χ4v) is 1.92. The lowest BCUT2D eigenvalue weighted by atomic mass is 10.1. The Morgan fingerprint density at radius 2 is 2.40 bits per heavy atom. The molecular weight excluding hydrogens is 128 g/mol. The molecule has 0 spiro atoms. The predicted molar refractivity (Wildman–Crippen MR) is 36.5 cm³/mol. The first-order valence-electron chi connectivity index (χ1n) is 3.70.